The van der Waals surface area contributed by atoms with Gasteiger partial charge in [0.25, 0.3) is 0 Å². The first-order valence-corrected chi connectivity index (χ1v) is 5.51. The second-order valence-electron chi connectivity index (χ2n) is 4.63. The topological polar surface area (TPSA) is 64.9 Å². The Morgan fingerprint density at radius 1 is 1.35 bits per heavy atom. The molecule has 0 atom stereocenters. The predicted molar refractivity (Wildman–Crippen MR) is 53.1 cm³/mol. The van der Waals surface area contributed by atoms with Gasteiger partial charge >= 0.3 is 6.18 Å². The van der Waals surface area contributed by atoms with Gasteiger partial charge < -0.3 is 10.3 Å². The molecule has 1 fully saturated rings. The smallest absolute Gasteiger partial charge is 0.339 e. The van der Waals surface area contributed by atoms with Crippen molar-refractivity contribution in [3.63, 3.8) is 0 Å². The van der Waals surface area contributed by atoms with E-state index >= 15 is 0 Å². The summed E-state index contributed by atoms with van der Waals surface area (Å²) in [6.45, 7) is 0.504. The maximum absolute atomic E-state index is 12.1. The lowest BCUT2D eigenvalue weighted by Gasteiger charge is -2.39. The fraction of sp³-hybridized carbons (Fsp3) is 0.800. The van der Waals surface area contributed by atoms with Gasteiger partial charge in [-0.3, -0.25) is 0 Å². The van der Waals surface area contributed by atoms with Crippen molar-refractivity contribution in [2.75, 3.05) is 6.54 Å². The molecule has 7 heteroatoms. The van der Waals surface area contributed by atoms with E-state index in [2.05, 4.69) is 10.1 Å². The lowest BCUT2D eigenvalue weighted by molar-refractivity contribution is -0.128. The fourth-order valence-electron chi connectivity index (χ4n) is 2.06. The van der Waals surface area contributed by atoms with Crippen LogP contribution in [0, 0.1) is 5.41 Å². The molecule has 1 heterocycles. The van der Waals surface area contributed by atoms with Gasteiger partial charge in [-0.1, -0.05) is 11.6 Å². The molecule has 1 aliphatic carbocycles. The van der Waals surface area contributed by atoms with Crippen LogP contribution in [0.3, 0.4) is 0 Å². The molecular weight excluding hydrogens is 235 g/mol. The summed E-state index contributed by atoms with van der Waals surface area (Å²) in [6.07, 6.45) is -1.93. The van der Waals surface area contributed by atoms with Crippen LogP contribution in [0.1, 0.15) is 31.0 Å². The van der Waals surface area contributed by atoms with E-state index in [1.54, 1.807) is 0 Å². The van der Waals surface area contributed by atoms with Crippen LogP contribution in [-0.2, 0) is 12.8 Å². The lowest BCUT2D eigenvalue weighted by Crippen LogP contribution is -2.39. The molecule has 17 heavy (non-hydrogen) atoms. The molecule has 2 N–H and O–H groups in total. The van der Waals surface area contributed by atoms with Crippen molar-refractivity contribution in [1.82, 2.24) is 10.1 Å². The van der Waals surface area contributed by atoms with Crippen LogP contribution in [0.15, 0.2) is 4.52 Å². The molecule has 0 saturated heterocycles. The van der Waals surface area contributed by atoms with E-state index in [0.717, 1.165) is 19.3 Å². The summed E-state index contributed by atoms with van der Waals surface area (Å²) < 4.78 is 41.1. The third-order valence-electron chi connectivity index (χ3n) is 3.24. The van der Waals surface area contributed by atoms with Crippen molar-refractivity contribution in [2.45, 2.75) is 38.3 Å². The number of nitrogens with zero attached hydrogens (tertiary/aromatic N) is 2. The van der Waals surface area contributed by atoms with Gasteiger partial charge in [-0.15, -0.1) is 0 Å². The summed E-state index contributed by atoms with van der Waals surface area (Å²) in [6, 6.07) is 0. The van der Waals surface area contributed by atoms with E-state index in [-0.39, 0.29) is 17.1 Å². The van der Waals surface area contributed by atoms with Crippen LogP contribution in [-0.4, -0.2) is 22.9 Å². The normalized spacial score (nSPS) is 19.1. The number of hydrogen-bond acceptors (Lipinski definition) is 4. The van der Waals surface area contributed by atoms with E-state index in [9.17, 15) is 13.2 Å². The Morgan fingerprint density at radius 3 is 2.53 bits per heavy atom. The van der Waals surface area contributed by atoms with Crippen LogP contribution in [0.2, 0.25) is 0 Å². The van der Waals surface area contributed by atoms with E-state index in [4.69, 9.17) is 10.3 Å². The van der Waals surface area contributed by atoms with Gasteiger partial charge in [-0.2, -0.15) is 18.2 Å². The Labute approximate surface area is 96.4 Å². The number of hydrogen-bond donors (Lipinski definition) is 1. The van der Waals surface area contributed by atoms with E-state index < -0.39 is 12.6 Å². The van der Waals surface area contributed by atoms with Crippen molar-refractivity contribution in [3.8, 4) is 0 Å². The van der Waals surface area contributed by atoms with Gasteiger partial charge in [0.15, 0.2) is 5.82 Å². The molecule has 2 rings (SSSR count). The van der Waals surface area contributed by atoms with Crippen LogP contribution in [0.4, 0.5) is 13.2 Å². The Hall–Kier alpha value is -1.11. The summed E-state index contributed by atoms with van der Waals surface area (Å²) >= 11 is 0. The van der Waals surface area contributed by atoms with Gasteiger partial charge in [0.2, 0.25) is 5.89 Å². The van der Waals surface area contributed by atoms with Gasteiger partial charge in [0, 0.05) is 6.42 Å². The first-order valence-electron chi connectivity index (χ1n) is 5.51. The van der Waals surface area contributed by atoms with E-state index in [1.165, 1.54) is 0 Å². The van der Waals surface area contributed by atoms with Gasteiger partial charge in [0.1, 0.15) is 6.42 Å². The average molecular weight is 249 g/mol. The van der Waals surface area contributed by atoms with Crippen LogP contribution < -0.4 is 5.73 Å². The Morgan fingerprint density at radius 2 is 2.06 bits per heavy atom. The first-order chi connectivity index (χ1) is 7.92. The minimum absolute atomic E-state index is 0.0396. The molecule has 4 nitrogen and oxygen atoms in total. The van der Waals surface area contributed by atoms with Crippen molar-refractivity contribution in [1.29, 1.82) is 0 Å². The maximum Gasteiger partial charge on any atom is 0.396 e. The summed E-state index contributed by atoms with van der Waals surface area (Å²) in [5.74, 6) is -0.0478. The largest absolute Gasteiger partial charge is 0.396 e. The second kappa shape index (κ2) is 4.29. The third-order valence-corrected chi connectivity index (χ3v) is 3.24. The number of aromatic nitrogens is 2. The fourth-order valence-corrected chi connectivity index (χ4v) is 2.06. The molecular formula is C10H14F3N3O. The molecule has 0 aromatic carbocycles. The summed E-state index contributed by atoms with van der Waals surface area (Å²) in [7, 11) is 0. The number of alkyl halides is 3. The highest BCUT2D eigenvalue weighted by Gasteiger charge is 2.38. The lowest BCUT2D eigenvalue weighted by atomic mass is 9.67. The van der Waals surface area contributed by atoms with E-state index in [1.807, 2.05) is 0 Å². The van der Waals surface area contributed by atoms with Crippen molar-refractivity contribution in [3.05, 3.63) is 11.7 Å². The van der Waals surface area contributed by atoms with Crippen molar-refractivity contribution < 1.29 is 17.7 Å². The van der Waals surface area contributed by atoms with Gasteiger partial charge in [0.05, 0.1) is 0 Å². The summed E-state index contributed by atoms with van der Waals surface area (Å²) in [5.41, 5.74) is 5.62. The second-order valence-corrected chi connectivity index (χ2v) is 4.63. The summed E-state index contributed by atoms with van der Waals surface area (Å²) in [4.78, 5) is 3.76. The Kier molecular flexibility index (Phi) is 3.11. The van der Waals surface area contributed by atoms with Gasteiger partial charge in [-0.05, 0) is 24.8 Å². The molecule has 96 valence electrons. The zero-order valence-corrected chi connectivity index (χ0v) is 9.26. The number of nitrogens with two attached hydrogens (primary N) is 1. The molecule has 1 saturated carbocycles. The van der Waals surface area contributed by atoms with Crippen LogP contribution in [0.5, 0.6) is 0 Å². The zero-order chi connectivity index (χ0) is 12.5. The highest BCUT2D eigenvalue weighted by Crippen LogP contribution is 2.42. The standard InChI is InChI=1S/C10H14F3N3O/c11-10(12,13)4-7-15-8(17-16-7)5-9(6-14)2-1-3-9/h1-6,14H2. The van der Waals surface area contributed by atoms with E-state index in [0.29, 0.717) is 13.0 Å². The Bertz CT molecular complexity index is 379. The molecule has 0 unspecified atom stereocenters. The molecule has 0 radical (unpaired) electrons. The number of halogens is 3. The third kappa shape index (κ3) is 2.96. The molecule has 0 bridgehead atoms. The molecule has 1 aliphatic rings. The number of rotatable bonds is 4. The highest BCUT2D eigenvalue weighted by molar-refractivity contribution is 4.98. The van der Waals surface area contributed by atoms with Crippen LogP contribution in [0.25, 0.3) is 0 Å². The van der Waals surface area contributed by atoms with Crippen molar-refractivity contribution in [2.24, 2.45) is 11.1 Å². The summed E-state index contributed by atoms with van der Waals surface area (Å²) in [5, 5.41) is 3.33. The monoisotopic (exact) mass is 249 g/mol. The Balaban J connectivity index is 1.99. The minimum Gasteiger partial charge on any atom is -0.339 e. The minimum atomic E-state index is -4.30. The van der Waals surface area contributed by atoms with Crippen molar-refractivity contribution >= 4 is 0 Å². The quantitative estimate of drug-likeness (QED) is 0.884. The maximum atomic E-state index is 12.1. The molecule has 0 aliphatic heterocycles. The van der Waals surface area contributed by atoms with Gasteiger partial charge in [-0.25, -0.2) is 0 Å². The molecule has 0 spiro atoms. The molecule has 1 aromatic rings. The highest BCUT2D eigenvalue weighted by atomic mass is 19.4. The predicted octanol–water partition coefficient (Wildman–Crippen LogP) is 1.85. The SMILES string of the molecule is NCC1(Cc2nc(CC(F)(F)F)no2)CCC1. The first kappa shape index (κ1) is 12.3. The zero-order valence-electron chi connectivity index (χ0n) is 9.26. The molecule has 0 amide bonds. The van der Waals surface area contributed by atoms with Crippen LogP contribution >= 0.6 is 0 Å². The average Bonchev–Trinajstić information content (AvgIpc) is 2.56. The molecule has 1 aromatic heterocycles.